The van der Waals surface area contributed by atoms with E-state index < -0.39 is 6.98 Å². The van der Waals surface area contributed by atoms with Gasteiger partial charge in [-0.05, 0) is 87.9 Å². The number of aromatic hydroxyl groups is 1. The molecule has 1 aliphatic rings. The third kappa shape index (κ3) is 5.26. The van der Waals surface area contributed by atoms with Gasteiger partial charge in [0.2, 0.25) is 0 Å². The highest BCUT2D eigenvalue weighted by Gasteiger charge is 2.24. The van der Waals surface area contributed by atoms with Crippen LogP contribution in [0.5, 0.6) is 5.75 Å². The number of carbonyl (C=O) groups excluding carboxylic acids is 1. The van der Waals surface area contributed by atoms with E-state index in [9.17, 15) is 9.90 Å². The van der Waals surface area contributed by atoms with E-state index in [2.05, 4.69) is 10.3 Å². The maximum Gasteiger partial charge on any atom is 0.163 e. The fourth-order valence-corrected chi connectivity index (χ4v) is 5.09. The second kappa shape index (κ2) is 9.88. The van der Waals surface area contributed by atoms with E-state index in [-0.39, 0.29) is 27.6 Å². The molecule has 7 heteroatoms. The molecule has 0 atom stereocenters. The van der Waals surface area contributed by atoms with Gasteiger partial charge in [-0.1, -0.05) is 29.3 Å². The lowest BCUT2D eigenvalue weighted by Crippen LogP contribution is -2.31. The number of halogens is 2. The van der Waals surface area contributed by atoms with Crippen LogP contribution in [-0.2, 0) is 0 Å². The SMILES string of the molecule is [2H]C([2H])([2H])N(C)CC1CCC(Nc2c(C(C)=O)cnc3ccc(-c4cc(Cl)c(O)c(Cl)c4)cc23)CC1. The first-order chi connectivity index (χ1) is 16.9. The number of fused-ring (bicyclic) bond motifs is 1. The lowest BCUT2D eigenvalue weighted by Gasteiger charge is -2.32. The molecule has 0 bridgehead atoms. The van der Waals surface area contributed by atoms with E-state index >= 15 is 0 Å². The summed E-state index contributed by atoms with van der Waals surface area (Å²) in [6.45, 7) is -0.00866. The number of anilines is 1. The van der Waals surface area contributed by atoms with Crippen molar-refractivity contribution in [2.75, 3.05) is 25.9 Å². The van der Waals surface area contributed by atoms with Gasteiger partial charge in [-0.3, -0.25) is 9.78 Å². The molecule has 5 nitrogen and oxygen atoms in total. The van der Waals surface area contributed by atoms with E-state index in [0.29, 0.717) is 18.0 Å². The molecule has 3 aromatic rings. The van der Waals surface area contributed by atoms with Crippen molar-refractivity contribution in [3.05, 3.63) is 52.1 Å². The van der Waals surface area contributed by atoms with Crippen LogP contribution in [0.4, 0.5) is 5.69 Å². The Labute approximate surface area is 208 Å². The molecule has 1 aromatic heterocycles. The molecule has 2 N–H and O–H groups in total. The van der Waals surface area contributed by atoms with Crippen LogP contribution in [0.15, 0.2) is 36.5 Å². The van der Waals surface area contributed by atoms with Crippen molar-refractivity contribution >= 4 is 45.6 Å². The maximum atomic E-state index is 12.5. The minimum atomic E-state index is -2.08. The number of hydrogen-bond acceptors (Lipinski definition) is 5. The highest BCUT2D eigenvalue weighted by atomic mass is 35.5. The summed E-state index contributed by atoms with van der Waals surface area (Å²) in [6, 6.07) is 9.19. The topological polar surface area (TPSA) is 65.5 Å². The first-order valence-corrected chi connectivity index (χ1v) is 11.8. The van der Waals surface area contributed by atoms with Crippen LogP contribution in [0.2, 0.25) is 10.0 Å². The zero-order chi connectivity index (χ0) is 26.2. The summed E-state index contributed by atoms with van der Waals surface area (Å²) in [5.41, 5.74) is 3.57. The lowest BCUT2D eigenvalue weighted by atomic mass is 9.85. The predicted octanol–water partition coefficient (Wildman–Crippen LogP) is 6.65. The number of pyridine rings is 1. The smallest absolute Gasteiger partial charge is 0.163 e. The molecule has 0 unspecified atom stereocenters. The van der Waals surface area contributed by atoms with E-state index in [1.807, 2.05) is 18.2 Å². The van der Waals surface area contributed by atoms with Gasteiger partial charge < -0.3 is 15.3 Å². The number of benzene rings is 2. The highest BCUT2D eigenvalue weighted by Crippen LogP contribution is 2.38. The molecule has 0 amide bonds. The summed E-state index contributed by atoms with van der Waals surface area (Å²) < 4.78 is 22.7. The average Bonchev–Trinajstić information content (AvgIpc) is 2.82. The van der Waals surface area contributed by atoms with Crippen molar-refractivity contribution in [3.63, 3.8) is 0 Å². The summed E-state index contributed by atoms with van der Waals surface area (Å²) in [4.78, 5) is 18.4. The zero-order valence-corrected chi connectivity index (χ0v) is 20.2. The van der Waals surface area contributed by atoms with E-state index in [1.54, 1.807) is 25.4 Å². The van der Waals surface area contributed by atoms with Crippen LogP contribution in [0.25, 0.3) is 22.0 Å². The van der Waals surface area contributed by atoms with Crippen LogP contribution in [0, 0.1) is 5.92 Å². The Morgan fingerprint density at radius 3 is 2.52 bits per heavy atom. The van der Waals surface area contributed by atoms with Crippen molar-refractivity contribution in [1.29, 1.82) is 0 Å². The molecular weight excluding hydrogens is 457 g/mol. The molecule has 174 valence electrons. The van der Waals surface area contributed by atoms with Gasteiger partial charge in [0.05, 0.1) is 26.8 Å². The molecular formula is C26H29Cl2N3O2. The quantitative estimate of drug-likeness (QED) is 0.380. The van der Waals surface area contributed by atoms with Gasteiger partial charge in [0, 0.05) is 28.3 Å². The maximum absolute atomic E-state index is 12.5. The van der Waals surface area contributed by atoms with Crippen molar-refractivity contribution < 1.29 is 14.0 Å². The number of aromatic nitrogens is 1. The third-order valence-electron chi connectivity index (χ3n) is 6.32. The lowest BCUT2D eigenvalue weighted by molar-refractivity contribution is 0.101. The Kier molecular flexibility index (Phi) is 6.01. The van der Waals surface area contributed by atoms with Crippen molar-refractivity contribution in [3.8, 4) is 16.9 Å². The molecule has 1 saturated carbocycles. The Bertz CT molecular complexity index is 1270. The number of nitrogens with zero attached hydrogens (tertiary/aromatic N) is 2. The van der Waals surface area contributed by atoms with Gasteiger partial charge in [-0.25, -0.2) is 0 Å². The zero-order valence-electron chi connectivity index (χ0n) is 21.7. The number of phenols is 1. The van der Waals surface area contributed by atoms with Crippen molar-refractivity contribution in [1.82, 2.24) is 9.88 Å². The fraction of sp³-hybridized carbons (Fsp3) is 0.385. The molecule has 0 radical (unpaired) electrons. The average molecular weight is 489 g/mol. The molecule has 1 heterocycles. The predicted molar refractivity (Wildman–Crippen MR) is 137 cm³/mol. The van der Waals surface area contributed by atoms with Crippen LogP contribution in [0.1, 0.15) is 47.1 Å². The molecule has 33 heavy (non-hydrogen) atoms. The Balaban J connectivity index is 1.62. The summed E-state index contributed by atoms with van der Waals surface area (Å²) >= 11 is 12.3. The summed E-state index contributed by atoms with van der Waals surface area (Å²) in [5, 5.41) is 14.7. The number of carbonyl (C=O) groups is 1. The van der Waals surface area contributed by atoms with Crippen LogP contribution >= 0.6 is 23.2 Å². The monoisotopic (exact) mass is 488 g/mol. The van der Waals surface area contributed by atoms with Gasteiger partial charge >= 0.3 is 0 Å². The van der Waals surface area contributed by atoms with Crippen molar-refractivity contribution in [2.45, 2.75) is 38.6 Å². The Hall–Kier alpha value is -2.34. The number of nitrogens with one attached hydrogen (secondary N) is 1. The molecule has 1 fully saturated rings. The van der Waals surface area contributed by atoms with Crippen LogP contribution in [0.3, 0.4) is 0 Å². The summed E-state index contributed by atoms with van der Waals surface area (Å²) in [6.07, 6.45) is 5.18. The molecule has 0 spiro atoms. The number of phenolic OH excluding ortho intramolecular Hbond substituents is 1. The van der Waals surface area contributed by atoms with Gasteiger partial charge in [0.15, 0.2) is 11.5 Å². The first-order valence-electron chi connectivity index (χ1n) is 12.5. The van der Waals surface area contributed by atoms with E-state index in [0.717, 1.165) is 53.4 Å². The van der Waals surface area contributed by atoms with Crippen LogP contribution in [-0.4, -0.2) is 47.4 Å². The number of rotatable bonds is 6. The minimum Gasteiger partial charge on any atom is -0.505 e. The van der Waals surface area contributed by atoms with Gasteiger partial charge in [0.1, 0.15) is 0 Å². The Morgan fingerprint density at radius 2 is 1.88 bits per heavy atom. The molecule has 4 rings (SSSR count). The number of Topliss-reactive ketones (excluding diaryl/α,β-unsaturated/α-hetero) is 1. The number of ketones is 1. The van der Waals surface area contributed by atoms with E-state index in [4.69, 9.17) is 27.3 Å². The number of hydrogen-bond donors (Lipinski definition) is 2. The Morgan fingerprint density at radius 1 is 1.18 bits per heavy atom. The third-order valence-corrected chi connectivity index (χ3v) is 6.90. The van der Waals surface area contributed by atoms with Gasteiger partial charge in [-0.15, -0.1) is 0 Å². The highest BCUT2D eigenvalue weighted by molar-refractivity contribution is 6.37. The largest absolute Gasteiger partial charge is 0.505 e. The second-order valence-corrected chi connectivity index (χ2v) is 9.68. The standard InChI is InChI=1S/C26H29Cl2N3O2/c1-15(32)21-13-29-24-9-6-17(18-11-22(27)26(33)23(28)12-18)10-20(24)25(21)30-19-7-4-16(5-8-19)14-31(2)3/h6,9-13,16,19,33H,4-5,7-8,14H2,1-3H3,(H,29,30)/i2D3. The molecule has 2 aromatic carbocycles. The summed E-state index contributed by atoms with van der Waals surface area (Å²) in [5.74, 6) is 0.0815. The molecule has 0 saturated heterocycles. The van der Waals surface area contributed by atoms with Gasteiger partial charge in [0.25, 0.3) is 0 Å². The fourth-order valence-electron chi connectivity index (χ4n) is 4.61. The van der Waals surface area contributed by atoms with Gasteiger partial charge in [-0.2, -0.15) is 0 Å². The second-order valence-electron chi connectivity index (χ2n) is 8.87. The van der Waals surface area contributed by atoms with Crippen LogP contribution < -0.4 is 5.32 Å². The van der Waals surface area contributed by atoms with Crippen molar-refractivity contribution in [2.24, 2.45) is 5.92 Å². The minimum absolute atomic E-state index is 0.0824. The normalized spacial score (nSPS) is 20.3. The first kappa shape index (κ1) is 20.1. The molecule has 1 aliphatic carbocycles. The summed E-state index contributed by atoms with van der Waals surface area (Å²) in [7, 11) is 1.64. The van der Waals surface area contributed by atoms with E-state index in [1.165, 1.54) is 11.8 Å². The molecule has 0 aliphatic heterocycles.